The topological polar surface area (TPSA) is 67.4 Å². The lowest BCUT2D eigenvalue weighted by molar-refractivity contribution is 0.0962. The van der Waals surface area contributed by atoms with Crippen LogP contribution in [0.3, 0.4) is 0 Å². The third-order valence-electron chi connectivity index (χ3n) is 5.16. The zero-order valence-corrected chi connectivity index (χ0v) is 19.0. The zero-order chi connectivity index (χ0) is 24.4. The number of ether oxygens (including phenoxy) is 1. The minimum Gasteiger partial charge on any atom is -0.456 e. The van der Waals surface area contributed by atoms with E-state index in [4.69, 9.17) is 16.3 Å². The van der Waals surface area contributed by atoms with Crippen LogP contribution in [0.1, 0.15) is 21.5 Å². The maximum Gasteiger partial charge on any atom is 0.326 e. The van der Waals surface area contributed by atoms with Gasteiger partial charge in [-0.25, -0.2) is 13.6 Å². The molecule has 0 unspecified atom stereocenters. The van der Waals surface area contributed by atoms with E-state index in [1.54, 1.807) is 24.3 Å². The van der Waals surface area contributed by atoms with Crippen LogP contribution in [-0.2, 0) is 0 Å². The minimum atomic E-state index is -1.06. The van der Waals surface area contributed by atoms with E-state index < -0.39 is 29.1 Å². The van der Waals surface area contributed by atoms with Crippen molar-refractivity contribution in [2.24, 2.45) is 0 Å². The highest BCUT2D eigenvalue weighted by atomic mass is 35.5. The number of hydrogen-bond donors (Lipinski definition) is 2. The van der Waals surface area contributed by atoms with Gasteiger partial charge in [0.2, 0.25) is 0 Å². The number of benzene rings is 4. The Labute approximate surface area is 199 Å². The summed E-state index contributed by atoms with van der Waals surface area (Å²) >= 11 is 6.29. The van der Waals surface area contributed by atoms with E-state index in [1.807, 2.05) is 43.4 Å². The zero-order valence-electron chi connectivity index (χ0n) is 18.2. The summed E-state index contributed by atoms with van der Waals surface area (Å²) in [6.45, 7) is 3.63. The summed E-state index contributed by atoms with van der Waals surface area (Å²) in [5.74, 6) is -1.54. The quantitative estimate of drug-likeness (QED) is 0.326. The van der Waals surface area contributed by atoms with Gasteiger partial charge in [-0.2, -0.15) is 0 Å². The Hall–Kier alpha value is -3.97. The Morgan fingerprint density at radius 1 is 0.882 bits per heavy atom. The lowest BCUT2D eigenvalue weighted by Crippen LogP contribution is -2.35. The van der Waals surface area contributed by atoms with Gasteiger partial charge in [0.25, 0.3) is 5.91 Å². The summed E-state index contributed by atoms with van der Waals surface area (Å²) in [4.78, 5) is 24.4. The molecule has 34 heavy (non-hydrogen) atoms. The molecular weight excluding hydrogens is 462 g/mol. The molecule has 5 nitrogen and oxygen atoms in total. The largest absolute Gasteiger partial charge is 0.456 e. The maximum atomic E-state index is 13.8. The molecular formula is C26H19ClF2N2O3. The molecule has 0 fully saturated rings. The summed E-state index contributed by atoms with van der Waals surface area (Å²) in [6, 6.07) is 16.1. The number of rotatable bonds is 4. The van der Waals surface area contributed by atoms with E-state index in [0.717, 1.165) is 40.1 Å². The fourth-order valence-corrected chi connectivity index (χ4v) is 3.85. The normalized spacial score (nSPS) is 10.7. The average Bonchev–Trinajstić information content (AvgIpc) is 2.79. The van der Waals surface area contributed by atoms with Gasteiger partial charge in [0.05, 0.1) is 5.56 Å². The number of aryl methyl sites for hydroxylation is 2. The summed E-state index contributed by atoms with van der Waals surface area (Å²) in [6.07, 6.45) is 0. The van der Waals surface area contributed by atoms with E-state index >= 15 is 0 Å². The van der Waals surface area contributed by atoms with Crippen LogP contribution in [0.15, 0.2) is 66.7 Å². The molecule has 172 valence electrons. The van der Waals surface area contributed by atoms with Crippen molar-refractivity contribution in [3.8, 4) is 11.5 Å². The van der Waals surface area contributed by atoms with Crippen molar-refractivity contribution in [1.82, 2.24) is 5.32 Å². The van der Waals surface area contributed by atoms with Crippen molar-refractivity contribution in [2.45, 2.75) is 13.8 Å². The first kappa shape index (κ1) is 23.2. The fourth-order valence-electron chi connectivity index (χ4n) is 3.62. The van der Waals surface area contributed by atoms with Crippen LogP contribution in [0.25, 0.3) is 10.8 Å². The number of anilines is 1. The number of hydrogen-bond acceptors (Lipinski definition) is 3. The van der Waals surface area contributed by atoms with E-state index in [9.17, 15) is 18.4 Å². The van der Waals surface area contributed by atoms with Crippen LogP contribution >= 0.6 is 11.6 Å². The minimum absolute atomic E-state index is 0.397. The third kappa shape index (κ3) is 4.84. The maximum absolute atomic E-state index is 13.8. The van der Waals surface area contributed by atoms with Crippen LogP contribution < -0.4 is 15.4 Å². The van der Waals surface area contributed by atoms with Crippen molar-refractivity contribution >= 4 is 40.0 Å². The number of amides is 3. The summed E-state index contributed by atoms with van der Waals surface area (Å²) in [5, 5.41) is 6.87. The molecule has 0 aliphatic heterocycles. The van der Waals surface area contributed by atoms with Crippen LogP contribution in [0, 0.1) is 25.5 Å². The standard InChI is InChI=1S/C26H19ClF2N2O3/c1-14-11-17(30-26(33)31-25(32)20-13-16(28)7-9-22(20)29)12-15(2)24(14)34-23-10-8-21(27)18-5-3-4-6-19(18)23/h3-13H,1-2H3,(H2,30,31,32,33). The van der Waals surface area contributed by atoms with Crippen molar-refractivity contribution in [3.63, 3.8) is 0 Å². The number of carbonyl (C=O) groups excluding carboxylic acids is 2. The number of urea groups is 1. The second kappa shape index (κ2) is 9.49. The number of carbonyl (C=O) groups is 2. The Morgan fingerprint density at radius 2 is 1.56 bits per heavy atom. The lowest BCUT2D eigenvalue weighted by Gasteiger charge is -2.16. The first-order valence-electron chi connectivity index (χ1n) is 10.3. The molecule has 0 radical (unpaired) electrons. The van der Waals surface area contributed by atoms with E-state index in [1.165, 1.54) is 0 Å². The number of fused-ring (bicyclic) bond motifs is 1. The van der Waals surface area contributed by atoms with E-state index in [2.05, 4.69) is 5.32 Å². The van der Waals surface area contributed by atoms with E-state index in [-0.39, 0.29) is 0 Å². The SMILES string of the molecule is Cc1cc(NC(=O)NC(=O)c2cc(F)ccc2F)cc(C)c1Oc1ccc(Cl)c2ccccc12. The number of imide groups is 1. The molecule has 0 bridgehead atoms. The first-order valence-corrected chi connectivity index (χ1v) is 10.6. The summed E-state index contributed by atoms with van der Waals surface area (Å²) in [7, 11) is 0. The molecule has 2 N–H and O–H groups in total. The first-order chi connectivity index (χ1) is 16.2. The third-order valence-corrected chi connectivity index (χ3v) is 5.49. The van der Waals surface area contributed by atoms with Gasteiger partial charge >= 0.3 is 6.03 Å². The number of nitrogens with one attached hydrogen (secondary N) is 2. The van der Waals surface area contributed by atoms with Gasteiger partial charge in [-0.1, -0.05) is 35.9 Å². The van der Waals surface area contributed by atoms with Crippen LogP contribution in [0.4, 0.5) is 19.3 Å². The Balaban J connectivity index is 1.52. The molecule has 3 amide bonds. The highest BCUT2D eigenvalue weighted by Gasteiger charge is 2.17. The van der Waals surface area contributed by atoms with Crippen LogP contribution in [0.5, 0.6) is 11.5 Å². The Bertz CT molecular complexity index is 1420. The van der Waals surface area contributed by atoms with Crippen molar-refractivity contribution < 1.29 is 23.1 Å². The van der Waals surface area contributed by atoms with Crippen molar-refractivity contribution in [2.75, 3.05) is 5.32 Å². The second-order valence-electron chi connectivity index (χ2n) is 7.66. The highest BCUT2D eigenvalue weighted by Crippen LogP contribution is 2.37. The second-order valence-corrected chi connectivity index (χ2v) is 8.07. The molecule has 0 aliphatic carbocycles. The van der Waals surface area contributed by atoms with Gasteiger partial charge in [-0.3, -0.25) is 10.1 Å². The van der Waals surface area contributed by atoms with E-state index in [0.29, 0.717) is 22.2 Å². The van der Waals surface area contributed by atoms with Crippen LogP contribution in [-0.4, -0.2) is 11.9 Å². The van der Waals surface area contributed by atoms with Gasteiger partial charge < -0.3 is 10.1 Å². The molecule has 8 heteroatoms. The van der Waals surface area contributed by atoms with Gasteiger partial charge in [0.15, 0.2) is 0 Å². The lowest BCUT2D eigenvalue weighted by atomic mass is 10.1. The Kier molecular flexibility index (Phi) is 6.47. The molecule has 0 heterocycles. The fraction of sp³-hybridized carbons (Fsp3) is 0.0769. The molecule has 4 rings (SSSR count). The summed E-state index contributed by atoms with van der Waals surface area (Å²) < 4.78 is 33.3. The Morgan fingerprint density at radius 3 is 2.26 bits per heavy atom. The molecule has 4 aromatic rings. The smallest absolute Gasteiger partial charge is 0.326 e. The molecule has 0 saturated carbocycles. The van der Waals surface area contributed by atoms with Gasteiger partial charge in [0.1, 0.15) is 23.1 Å². The highest BCUT2D eigenvalue weighted by molar-refractivity contribution is 6.35. The number of halogens is 3. The molecule has 0 atom stereocenters. The van der Waals surface area contributed by atoms with Gasteiger partial charge in [-0.15, -0.1) is 0 Å². The predicted octanol–water partition coefficient (Wildman–Crippen LogP) is 7.14. The molecule has 0 spiro atoms. The van der Waals surface area contributed by atoms with Gasteiger partial charge in [-0.05, 0) is 67.4 Å². The van der Waals surface area contributed by atoms with Crippen molar-refractivity contribution in [3.05, 3.63) is 100 Å². The molecule has 0 aromatic heterocycles. The molecule has 0 saturated heterocycles. The predicted molar refractivity (Wildman–Crippen MR) is 128 cm³/mol. The average molecular weight is 481 g/mol. The monoisotopic (exact) mass is 480 g/mol. The van der Waals surface area contributed by atoms with Crippen molar-refractivity contribution in [1.29, 1.82) is 0 Å². The molecule has 4 aromatic carbocycles. The molecule has 0 aliphatic rings. The van der Waals surface area contributed by atoms with Gasteiger partial charge in [0, 0.05) is 21.5 Å². The van der Waals surface area contributed by atoms with Crippen LogP contribution in [0.2, 0.25) is 5.02 Å². The summed E-state index contributed by atoms with van der Waals surface area (Å²) in [5.41, 5.74) is 1.29.